The molecule has 0 spiro atoms. The van der Waals surface area contributed by atoms with Gasteiger partial charge in [0.05, 0.1) is 0 Å². The van der Waals surface area contributed by atoms with Crippen LogP contribution in [0.5, 0.6) is 0 Å². The van der Waals surface area contributed by atoms with Crippen LogP contribution in [-0.4, -0.2) is 31.1 Å². The van der Waals surface area contributed by atoms with E-state index in [1.807, 2.05) is 0 Å². The highest BCUT2D eigenvalue weighted by molar-refractivity contribution is 9.10. The first-order valence-corrected chi connectivity index (χ1v) is 7.81. The zero-order valence-electron chi connectivity index (χ0n) is 11.0. The van der Waals surface area contributed by atoms with Gasteiger partial charge in [0, 0.05) is 11.0 Å². The fraction of sp³-hybridized carbons (Fsp3) is 0.600. The van der Waals surface area contributed by atoms with Gasteiger partial charge in [0.15, 0.2) is 0 Å². The maximum Gasteiger partial charge on any atom is 0.0205 e. The fourth-order valence-electron chi connectivity index (χ4n) is 2.49. The topological polar surface area (TPSA) is 15.3 Å². The summed E-state index contributed by atoms with van der Waals surface area (Å²) in [6.45, 7) is 5.96. The van der Waals surface area contributed by atoms with Crippen molar-refractivity contribution in [1.29, 1.82) is 0 Å². The first kappa shape index (κ1) is 14.0. The normalized spacial score (nSPS) is 16.9. The molecule has 1 heterocycles. The van der Waals surface area contributed by atoms with Crippen LogP contribution in [0, 0.1) is 0 Å². The van der Waals surface area contributed by atoms with E-state index in [-0.39, 0.29) is 0 Å². The molecule has 2 nitrogen and oxygen atoms in total. The third-order valence-corrected chi connectivity index (χ3v) is 3.99. The Morgan fingerprint density at radius 3 is 2.78 bits per heavy atom. The van der Waals surface area contributed by atoms with Crippen LogP contribution in [0.4, 0.5) is 0 Å². The van der Waals surface area contributed by atoms with Crippen molar-refractivity contribution in [2.24, 2.45) is 0 Å². The molecule has 0 bridgehead atoms. The fourth-order valence-corrected chi connectivity index (χ4v) is 2.94. The van der Waals surface area contributed by atoms with Crippen LogP contribution in [0.1, 0.15) is 31.2 Å². The second-order valence-electron chi connectivity index (χ2n) is 5.06. The maximum atomic E-state index is 3.52. The standard InChI is InChI=1S/C15H23BrN2/c16-15-7-4-6-14(12-15)13-17-8-5-11-18-9-2-1-3-10-18/h4,6-7,12,17H,1-3,5,8-11,13H2. The molecule has 1 fully saturated rings. The van der Waals surface area contributed by atoms with Crippen molar-refractivity contribution < 1.29 is 0 Å². The summed E-state index contributed by atoms with van der Waals surface area (Å²) in [6, 6.07) is 8.51. The molecule has 1 saturated heterocycles. The molecule has 18 heavy (non-hydrogen) atoms. The summed E-state index contributed by atoms with van der Waals surface area (Å²) < 4.78 is 1.16. The second kappa shape index (κ2) is 7.93. The lowest BCUT2D eigenvalue weighted by Crippen LogP contribution is -2.32. The van der Waals surface area contributed by atoms with Gasteiger partial charge in [-0.15, -0.1) is 0 Å². The Morgan fingerprint density at radius 1 is 1.17 bits per heavy atom. The third-order valence-electron chi connectivity index (χ3n) is 3.49. The van der Waals surface area contributed by atoms with E-state index in [0.717, 1.165) is 17.6 Å². The number of nitrogens with one attached hydrogen (secondary N) is 1. The summed E-state index contributed by atoms with van der Waals surface area (Å²) in [6.07, 6.45) is 5.47. The molecular formula is C15H23BrN2. The third kappa shape index (κ3) is 5.09. The van der Waals surface area contributed by atoms with E-state index in [1.54, 1.807) is 0 Å². The predicted molar refractivity (Wildman–Crippen MR) is 80.8 cm³/mol. The highest BCUT2D eigenvalue weighted by Crippen LogP contribution is 2.11. The molecule has 1 aromatic rings. The number of hydrogen-bond acceptors (Lipinski definition) is 2. The van der Waals surface area contributed by atoms with Gasteiger partial charge in [-0.25, -0.2) is 0 Å². The van der Waals surface area contributed by atoms with E-state index >= 15 is 0 Å². The van der Waals surface area contributed by atoms with Crippen LogP contribution in [-0.2, 0) is 6.54 Å². The van der Waals surface area contributed by atoms with E-state index in [1.165, 1.54) is 50.9 Å². The zero-order chi connectivity index (χ0) is 12.6. The van der Waals surface area contributed by atoms with Gasteiger partial charge in [-0.3, -0.25) is 0 Å². The second-order valence-corrected chi connectivity index (χ2v) is 5.98. The Bertz CT molecular complexity index is 348. The average molecular weight is 311 g/mol. The van der Waals surface area contributed by atoms with Gasteiger partial charge in [-0.2, -0.15) is 0 Å². The smallest absolute Gasteiger partial charge is 0.0205 e. The molecule has 1 aliphatic heterocycles. The van der Waals surface area contributed by atoms with Crippen LogP contribution in [0.2, 0.25) is 0 Å². The van der Waals surface area contributed by atoms with Crippen molar-refractivity contribution in [3.8, 4) is 0 Å². The Hall–Kier alpha value is -0.380. The summed E-state index contributed by atoms with van der Waals surface area (Å²) >= 11 is 3.50. The van der Waals surface area contributed by atoms with E-state index in [4.69, 9.17) is 0 Å². The minimum absolute atomic E-state index is 0.972. The molecule has 100 valence electrons. The minimum atomic E-state index is 0.972. The molecule has 3 heteroatoms. The molecule has 1 aliphatic rings. The number of hydrogen-bond donors (Lipinski definition) is 1. The number of benzene rings is 1. The Morgan fingerprint density at radius 2 is 2.00 bits per heavy atom. The zero-order valence-corrected chi connectivity index (χ0v) is 12.6. The summed E-state index contributed by atoms with van der Waals surface area (Å²) in [5.41, 5.74) is 1.35. The van der Waals surface area contributed by atoms with Crippen molar-refractivity contribution in [2.45, 2.75) is 32.2 Å². The number of halogens is 1. The molecule has 0 radical (unpaired) electrons. The molecular weight excluding hydrogens is 288 g/mol. The van der Waals surface area contributed by atoms with Crippen LogP contribution in [0.3, 0.4) is 0 Å². The predicted octanol–water partition coefficient (Wildman–Crippen LogP) is 3.41. The molecule has 1 aromatic carbocycles. The Balaban J connectivity index is 1.55. The van der Waals surface area contributed by atoms with Crippen molar-refractivity contribution in [3.05, 3.63) is 34.3 Å². The van der Waals surface area contributed by atoms with Crippen molar-refractivity contribution in [1.82, 2.24) is 10.2 Å². The first-order valence-electron chi connectivity index (χ1n) is 7.02. The van der Waals surface area contributed by atoms with Crippen LogP contribution in [0.25, 0.3) is 0 Å². The van der Waals surface area contributed by atoms with Gasteiger partial charge in [-0.1, -0.05) is 34.5 Å². The molecule has 1 N–H and O–H groups in total. The molecule has 2 rings (SSSR count). The minimum Gasteiger partial charge on any atom is -0.313 e. The SMILES string of the molecule is Brc1cccc(CNCCCN2CCCCC2)c1. The summed E-state index contributed by atoms with van der Waals surface area (Å²) in [4.78, 5) is 2.60. The largest absolute Gasteiger partial charge is 0.313 e. The number of likely N-dealkylation sites (tertiary alicyclic amines) is 1. The summed E-state index contributed by atoms with van der Waals surface area (Å²) in [7, 11) is 0. The molecule has 0 unspecified atom stereocenters. The molecule has 0 amide bonds. The molecule has 0 aromatic heterocycles. The highest BCUT2D eigenvalue weighted by Gasteiger charge is 2.08. The molecule has 0 atom stereocenters. The van der Waals surface area contributed by atoms with Gasteiger partial charge in [0.1, 0.15) is 0 Å². The Kier molecular flexibility index (Phi) is 6.18. The summed E-state index contributed by atoms with van der Waals surface area (Å²) in [5.74, 6) is 0. The molecule has 0 aliphatic carbocycles. The lowest BCUT2D eigenvalue weighted by molar-refractivity contribution is 0.225. The van der Waals surface area contributed by atoms with Crippen LogP contribution in [0.15, 0.2) is 28.7 Å². The van der Waals surface area contributed by atoms with Crippen molar-refractivity contribution in [3.63, 3.8) is 0 Å². The van der Waals surface area contributed by atoms with E-state index in [2.05, 4.69) is 50.4 Å². The number of nitrogens with zero attached hydrogens (tertiary/aromatic N) is 1. The summed E-state index contributed by atoms with van der Waals surface area (Å²) in [5, 5.41) is 3.52. The van der Waals surface area contributed by atoms with Crippen molar-refractivity contribution in [2.75, 3.05) is 26.2 Å². The van der Waals surface area contributed by atoms with Gasteiger partial charge >= 0.3 is 0 Å². The van der Waals surface area contributed by atoms with Gasteiger partial charge in [-0.05, 0) is 63.1 Å². The van der Waals surface area contributed by atoms with Gasteiger partial charge < -0.3 is 10.2 Å². The lowest BCUT2D eigenvalue weighted by Gasteiger charge is -2.26. The lowest BCUT2D eigenvalue weighted by atomic mass is 10.1. The van der Waals surface area contributed by atoms with Crippen molar-refractivity contribution >= 4 is 15.9 Å². The van der Waals surface area contributed by atoms with E-state index in [0.29, 0.717) is 0 Å². The van der Waals surface area contributed by atoms with Crippen LogP contribution < -0.4 is 5.32 Å². The monoisotopic (exact) mass is 310 g/mol. The first-order chi connectivity index (χ1) is 8.84. The van der Waals surface area contributed by atoms with E-state index in [9.17, 15) is 0 Å². The number of rotatable bonds is 6. The Labute approximate surface area is 119 Å². The van der Waals surface area contributed by atoms with Crippen LogP contribution >= 0.6 is 15.9 Å². The molecule has 0 saturated carbocycles. The average Bonchev–Trinajstić information content (AvgIpc) is 2.40. The number of piperidine rings is 1. The quantitative estimate of drug-likeness (QED) is 0.810. The van der Waals surface area contributed by atoms with Gasteiger partial charge in [0.2, 0.25) is 0 Å². The van der Waals surface area contributed by atoms with Gasteiger partial charge in [0.25, 0.3) is 0 Å². The highest BCUT2D eigenvalue weighted by atomic mass is 79.9. The maximum absolute atomic E-state index is 3.52. The van der Waals surface area contributed by atoms with E-state index < -0.39 is 0 Å².